The molecule has 4 rings (SSSR count). The van der Waals surface area contributed by atoms with Crippen molar-refractivity contribution in [2.45, 2.75) is 25.8 Å². The summed E-state index contributed by atoms with van der Waals surface area (Å²) in [7, 11) is 0. The molecule has 2 aromatic rings. The number of hydrogen-bond acceptors (Lipinski definition) is 4. The van der Waals surface area contributed by atoms with Crippen LogP contribution >= 0.6 is 12.4 Å². The molecule has 3 atom stereocenters. The number of hydrogen-bond donors (Lipinski definition) is 1. The van der Waals surface area contributed by atoms with Crippen molar-refractivity contribution in [2.24, 2.45) is 17.6 Å². The van der Waals surface area contributed by atoms with E-state index in [1.54, 1.807) is 6.20 Å². The summed E-state index contributed by atoms with van der Waals surface area (Å²) < 4.78 is 0. The predicted octanol–water partition coefficient (Wildman–Crippen LogP) is 2.68. The molecule has 0 spiro atoms. The van der Waals surface area contributed by atoms with E-state index in [-0.39, 0.29) is 24.4 Å². The summed E-state index contributed by atoms with van der Waals surface area (Å²) in [6, 6.07) is 10.1. The lowest BCUT2D eigenvalue weighted by molar-refractivity contribution is 0.0778. The van der Waals surface area contributed by atoms with Crippen LogP contribution in [0.4, 0.5) is 0 Å². The molecule has 5 nitrogen and oxygen atoms in total. The van der Waals surface area contributed by atoms with Crippen molar-refractivity contribution in [1.82, 2.24) is 14.9 Å². The molecule has 1 aromatic heterocycles. The van der Waals surface area contributed by atoms with Gasteiger partial charge in [-0.05, 0) is 31.6 Å². The summed E-state index contributed by atoms with van der Waals surface area (Å²) in [5.41, 5.74) is 8.46. The Morgan fingerprint density at radius 1 is 1.20 bits per heavy atom. The minimum absolute atomic E-state index is 0. The second kappa shape index (κ2) is 7.10. The van der Waals surface area contributed by atoms with E-state index in [0.29, 0.717) is 23.2 Å². The minimum atomic E-state index is 0. The molecular weight excluding hydrogens is 336 g/mol. The Balaban J connectivity index is 0.00000182. The Hall–Kier alpha value is -1.98. The first-order valence-corrected chi connectivity index (χ1v) is 8.57. The van der Waals surface area contributed by atoms with E-state index in [1.165, 1.54) is 0 Å². The van der Waals surface area contributed by atoms with Crippen LogP contribution in [0.5, 0.6) is 0 Å². The number of likely N-dealkylation sites (tertiary alicyclic amines) is 1. The molecular formula is C19H23ClN4O. The highest BCUT2D eigenvalue weighted by Gasteiger charge is 2.42. The van der Waals surface area contributed by atoms with Gasteiger partial charge in [-0.3, -0.25) is 4.79 Å². The van der Waals surface area contributed by atoms with Gasteiger partial charge < -0.3 is 10.6 Å². The van der Waals surface area contributed by atoms with Crippen LogP contribution in [-0.4, -0.2) is 39.9 Å². The van der Waals surface area contributed by atoms with Gasteiger partial charge in [-0.15, -0.1) is 12.4 Å². The maximum absolute atomic E-state index is 12.9. The SMILES string of the molecule is Cc1nc(-c2ccccc2)ncc1C(=O)N1CC2CCC(N)C2C1.Cl. The first-order valence-electron chi connectivity index (χ1n) is 8.57. The molecule has 3 unspecified atom stereocenters. The lowest BCUT2D eigenvalue weighted by Crippen LogP contribution is -2.34. The van der Waals surface area contributed by atoms with Crippen molar-refractivity contribution in [3.63, 3.8) is 0 Å². The summed E-state index contributed by atoms with van der Waals surface area (Å²) in [6.07, 6.45) is 3.89. The number of fused-ring (bicyclic) bond motifs is 1. The molecule has 0 bridgehead atoms. The van der Waals surface area contributed by atoms with Gasteiger partial charge in [0.1, 0.15) is 0 Å². The Labute approximate surface area is 154 Å². The van der Waals surface area contributed by atoms with Crippen LogP contribution in [0.25, 0.3) is 11.4 Å². The molecule has 2 aliphatic rings. The number of benzene rings is 1. The molecule has 1 aromatic carbocycles. The van der Waals surface area contributed by atoms with Crippen molar-refractivity contribution in [3.05, 3.63) is 47.8 Å². The Morgan fingerprint density at radius 3 is 2.64 bits per heavy atom. The monoisotopic (exact) mass is 358 g/mol. The molecule has 1 saturated carbocycles. The van der Waals surface area contributed by atoms with Crippen molar-refractivity contribution in [3.8, 4) is 11.4 Å². The maximum Gasteiger partial charge on any atom is 0.257 e. The van der Waals surface area contributed by atoms with Crippen molar-refractivity contribution in [1.29, 1.82) is 0 Å². The van der Waals surface area contributed by atoms with Crippen LogP contribution in [0.3, 0.4) is 0 Å². The molecule has 132 valence electrons. The summed E-state index contributed by atoms with van der Waals surface area (Å²) in [5, 5.41) is 0. The van der Waals surface area contributed by atoms with Gasteiger partial charge in [0.15, 0.2) is 5.82 Å². The van der Waals surface area contributed by atoms with E-state index in [4.69, 9.17) is 5.73 Å². The third-order valence-corrected chi connectivity index (χ3v) is 5.44. The zero-order valence-electron chi connectivity index (χ0n) is 14.3. The first kappa shape index (κ1) is 17.8. The normalized spacial score (nSPS) is 24.7. The third kappa shape index (κ3) is 3.26. The first-order chi connectivity index (χ1) is 11.6. The summed E-state index contributed by atoms with van der Waals surface area (Å²) >= 11 is 0. The second-order valence-electron chi connectivity index (χ2n) is 6.93. The third-order valence-electron chi connectivity index (χ3n) is 5.44. The molecule has 6 heteroatoms. The van der Waals surface area contributed by atoms with Gasteiger partial charge in [0, 0.05) is 30.9 Å². The molecule has 2 heterocycles. The van der Waals surface area contributed by atoms with Gasteiger partial charge in [-0.25, -0.2) is 9.97 Å². The van der Waals surface area contributed by atoms with Gasteiger partial charge >= 0.3 is 0 Å². The van der Waals surface area contributed by atoms with Crippen LogP contribution in [0.15, 0.2) is 36.5 Å². The van der Waals surface area contributed by atoms with Crippen LogP contribution < -0.4 is 5.73 Å². The van der Waals surface area contributed by atoms with E-state index in [2.05, 4.69) is 9.97 Å². The number of carbonyl (C=O) groups excluding carboxylic acids is 1. The average molecular weight is 359 g/mol. The smallest absolute Gasteiger partial charge is 0.257 e. The van der Waals surface area contributed by atoms with E-state index < -0.39 is 0 Å². The largest absolute Gasteiger partial charge is 0.338 e. The second-order valence-corrected chi connectivity index (χ2v) is 6.93. The van der Waals surface area contributed by atoms with Gasteiger partial charge in [0.05, 0.1) is 11.3 Å². The lowest BCUT2D eigenvalue weighted by Gasteiger charge is -2.19. The predicted molar refractivity (Wildman–Crippen MR) is 99.5 cm³/mol. The Bertz CT molecular complexity index is 767. The fourth-order valence-electron chi connectivity index (χ4n) is 4.05. The molecule has 1 aliphatic carbocycles. The highest BCUT2D eigenvalue weighted by Crippen LogP contribution is 2.37. The van der Waals surface area contributed by atoms with E-state index in [0.717, 1.165) is 37.2 Å². The zero-order valence-corrected chi connectivity index (χ0v) is 15.1. The Morgan fingerprint density at radius 2 is 1.96 bits per heavy atom. The molecule has 2 fully saturated rings. The highest BCUT2D eigenvalue weighted by molar-refractivity contribution is 5.95. The van der Waals surface area contributed by atoms with Crippen LogP contribution in [0, 0.1) is 18.8 Å². The van der Waals surface area contributed by atoms with Gasteiger partial charge in [0.2, 0.25) is 0 Å². The highest BCUT2D eigenvalue weighted by atomic mass is 35.5. The molecule has 2 N–H and O–H groups in total. The maximum atomic E-state index is 12.9. The summed E-state index contributed by atoms with van der Waals surface area (Å²) in [5.74, 6) is 1.71. The average Bonchev–Trinajstić information content (AvgIpc) is 3.17. The molecule has 1 amide bonds. The number of nitrogens with two attached hydrogens (primary N) is 1. The fraction of sp³-hybridized carbons (Fsp3) is 0.421. The number of amides is 1. The quantitative estimate of drug-likeness (QED) is 0.895. The Kier molecular flexibility index (Phi) is 5.06. The summed E-state index contributed by atoms with van der Waals surface area (Å²) in [4.78, 5) is 23.7. The van der Waals surface area contributed by atoms with Gasteiger partial charge in [-0.2, -0.15) is 0 Å². The molecule has 1 saturated heterocycles. The van der Waals surface area contributed by atoms with Gasteiger partial charge in [0.25, 0.3) is 5.91 Å². The van der Waals surface area contributed by atoms with Crippen molar-refractivity contribution >= 4 is 18.3 Å². The number of rotatable bonds is 2. The molecule has 25 heavy (non-hydrogen) atoms. The van der Waals surface area contributed by atoms with Crippen LogP contribution in [0.2, 0.25) is 0 Å². The number of nitrogens with zero attached hydrogens (tertiary/aromatic N) is 3. The number of halogens is 1. The number of aromatic nitrogens is 2. The standard InChI is InChI=1S/C19H22N4O.ClH/c1-12-15(9-21-18(22-12)13-5-3-2-4-6-13)19(24)23-10-14-7-8-17(20)16(14)11-23;/h2-6,9,14,16-17H,7-8,10-11,20H2,1H3;1H. The van der Waals surface area contributed by atoms with E-state index >= 15 is 0 Å². The topological polar surface area (TPSA) is 72.1 Å². The molecule has 1 aliphatic heterocycles. The van der Waals surface area contributed by atoms with Crippen LogP contribution in [-0.2, 0) is 0 Å². The zero-order chi connectivity index (χ0) is 16.7. The van der Waals surface area contributed by atoms with Crippen molar-refractivity contribution in [2.75, 3.05) is 13.1 Å². The number of carbonyl (C=O) groups is 1. The molecule has 0 radical (unpaired) electrons. The lowest BCUT2D eigenvalue weighted by atomic mass is 9.98. The minimum Gasteiger partial charge on any atom is -0.338 e. The van der Waals surface area contributed by atoms with E-state index in [1.807, 2.05) is 42.2 Å². The number of aryl methyl sites for hydroxylation is 1. The van der Waals surface area contributed by atoms with Crippen LogP contribution in [0.1, 0.15) is 28.9 Å². The fourth-order valence-corrected chi connectivity index (χ4v) is 4.05. The summed E-state index contributed by atoms with van der Waals surface area (Å²) in [6.45, 7) is 3.46. The van der Waals surface area contributed by atoms with E-state index in [9.17, 15) is 4.79 Å². The van der Waals surface area contributed by atoms with Crippen molar-refractivity contribution < 1.29 is 4.79 Å². The van der Waals surface area contributed by atoms with Gasteiger partial charge in [-0.1, -0.05) is 30.3 Å².